The van der Waals surface area contributed by atoms with Gasteiger partial charge in [-0.25, -0.2) is 4.98 Å². The lowest BCUT2D eigenvalue weighted by atomic mass is 10.2. The normalized spacial score (nSPS) is 11.4. The molecule has 0 bridgehead atoms. The fraction of sp³-hybridized carbons (Fsp3) is 0.286. The summed E-state index contributed by atoms with van der Waals surface area (Å²) in [4.78, 5) is 3.97. The molecule has 0 unspecified atom stereocenters. The van der Waals surface area contributed by atoms with Crippen LogP contribution < -0.4 is 4.31 Å². The van der Waals surface area contributed by atoms with Gasteiger partial charge in [0.25, 0.3) is 10.0 Å². The molecule has 0 N–H and O–H groups in total. The van der Waals surface area contributed by atoms with E-state index in [1.807, 2.05) is 19.9 Å². The summed E-state index contributed by atoms with van der Waals surface area (Å²) in [6.45, 7) is 3.89. The van der Waals surface area contributed by atoms with Crippen LogP contribution in [0.3, 0.4) is 0 Å². The first-order valence-electron chi connectivity index (χ1n) is 6.39. The molecule has 0 atom stereocenters. The van der Waals surface area contributed by atoms with Crippen molar-refractivity contribution in [2.45, 2.75) is 24.9 Å². The predicted octanol–water partition coefficient (Wildman–Crippen LogP) is 2.16. The van der Waals surface area contributed by atoms with E-state index in [4.69, 9.17) is 5.26 Å². The van der Waals surface area contributed by atoms with Crippen molar-refractivity contribution in [1.82, 2.24) is 9.55 Å². The summed E-state index contributed by atoms with van der Waals surface area (Å²) >= 11 is 0. The lowest BCUT2D eigenvalue weighted by molar-refractivity contribution is 0.587. The van der Waals surface area contributed by atoms with Gasteiger partial charge in [-0.2, -0.15) is 13.7 Å². The molecule has 0 fully saturated rings. The molecule has 0 spiro atoms. The average molecular weight is 304 g/mol. The third kappa shape index (κ3) is 2.90. The number of rotatable bonds is 4. The first-order valence-corrected chi connectivity index (χ1v) is 7.83. The number of aromatic nitrogens is 2. The molecule has 0 aliphatic heterocycles. The van der Waals surface area contributed by atoms with Gasteiger partial charge >= 0.3 is 0 Å². The molecule has 0 saturated carbocycles. The number of sulfonamides is 1. The van der Waals surface area contributed by atoms with E-state index in [9.17, 15) is 8.42 Å². The van der Waals surface area contributed by atoms with Crippen molar-refractivity contribution >= 4 is 15.7 Å². The highest BCUT2D eigenvalue weighted by Gasteiger charge is 2.24. The molecule has 0 radical (unpaired) electrons. The van der Waals surface area contributed by atoms with Gasteiger partial charge in [0.05, 0.1) is 23.6 Å². The Morgan fingerprint density at radius 3 is 2.38 bits per heavy atom. The Morgan fingerprint density at radius 1 is 1.29 bits per heavy atom. The zero-order valence-corrected chi connectivity index (χ0v) is 12.9. The van der Waals surface area contributed by atoms with E-state index in [1.54, 1.807) is 28.8 Å². The van der Waals surface area contributed by atoms with Crippen molar-refractivity contribution in [3.05, 3.63) is 42.4 Å². The first kappa shape index (κ1) is 15.1. The van der Waals surface area contributed by atoms with Gasteiger partial charge in [-0.1, -0.05) is 0 Å². The molecule has 1 aromatic carbocycles. The molecule has 2 rings (SSSR count). The molecule has 110 valence electrons. The van der Waals surface area contributed by atoms with Gasteiger partial charge in [-0.3, -0.25) is 4.31 Å². The van der Waals surface area contributed by atoms with Crippen LogP contribution in [0.5, 0.6) is 0 Å². The number of hydrogen-bond donors (Lipinski definition) is 0. The Labute approximate surface area is 124 Å². The zero-order chi connectivity index (χ0) is 15.6. The van der Waals surface area contributed by atoms with Crippen LogP contribution in [0.1, 0.15) is 25.5 Å². The van der Waals surface area contributed by atoms with Crippen molar-refractivity contribution in [2.75, 3.05) is 11.4 Å². The largest absolute Gasteiger partial charge is 0.334 e. The maximum Gasteiger partial charge on any atom is 0.283 e. The van der Waals surface area contributed by atoms with E-state index in [2.05, 4.69) is 4.98 Å². The number of anilines is 1. The fourth-order valence-electron chi connectivity index (χ4n) is 1.76. The van der Waals surface area contributed by atoms with Crippen LogP contribution in [0.15, 0.2) is 41.8 Å². The van der Waals surface area contributed by atoms with Gasteiger partial charge in [-0.15, -0.1) is 0 Å². The molecule has 0 aliphatic rings. The van der Waals surface area contributed by atoms with Crippen LogP contribution >= 0.6 is 0 Å². The van der Waals surface area contributed by atoms with Crippen molar-refractivity contribution < 1.29 is 8.42 Å². The molecular weight excluding hydrogens is 288 g/mol. The second-order valence-electron chi connectivity index (χ2n) is 4.88. The third-order valence-electron chi connectivity index (χ3n) is 3.16. The minimum absolute atomic E-state index is 0.00283. The SMILES string of the molecule is CC(C)n1cnc(S(=O)(=O)N(C)c2ccc(C#N)cc2)c1. The van der Waals surface area contributed by atoms with E-state index in [0.717, 1.165) is 4.31 Å². The molecule has 6 nitrogen and oxygen atoms in total. The Bertz CT molecular complexity index is 770. The van der Waals surface area contributed by atoms with Crippen LogP contribution in [0, 0.1) is 11.3 Å². The summed E-state index contributed by atoms with van der Waals surface area (Å²) in [5.41, 5.74) is 0.960. The van der Waals surface area contributed by atoms with Crippen LogP contribution in [-0.2, 0) is 10.0 Å². The molecule has 0 saturated heterocycles. The Balaban J connectivity index is 2.35. The van der Waals surface area contributed by atoms with Crippen LogP contribution in [0.25, 0.3) is 0 Å². The Morgan fingerprint density at radius 2 is 1.90 bits per heavy atom. The maximum absolute atomic E-state index is 12.5. The highest BCUT2D eigenvalue weighted by Crippen LogP contribution is 2.21. The van der Waals surface area contributed by atoms with Crippen LogP contribution in [-0.4, -0.2) is 25.0 Å². The minimum atomic E-state index is -3.71. The summed E-state index contributed by atoms with van der Waals surface area (Å²) < 4.78 is 27.9. The van der Waals surface area contributed by atoms with E-state index in [0.29, 0.717) is 11.3 Å². The van der Waals surface area contributed by atoms with E-state index < -0.39 is 10.0 Å². The number of benzene rings is 1. The number of imidazole rings is 1. The number of nitrogens with zero attached hydrogens (tertiary/aromatic N) is 4. The summed E-state index contributed by atoms with van der Waals surface area (Å²) in [6, 6.07) is 8.48. The smallest absolute Gasteiger partial charge is 0.283 e. The van der Waals surface area contributed by atoms with Gasteiger partial charge < -0.3 is 4.57 Å². The quantitative estimate of drug-likeness (QED) is 0.867. The van der Waals surface area contributed by atoms with Gasteiger partial charge in [-0.05, 0) is 38.1 Å². The average Bonchev–Trinajstić information content (AvgIpc) is 2.97. The standard InChI is InChI=1S/C14H16N4O2S/c1-11(2)18-9-14(16-10-18)21(19,20)17(3)13-6-4-12(8-15)5-7-13/h4-7,9-11H,1-3H3. The van der Waals surface area contributed by atoms with Gasteiger partial charge in [0, 0.05) is 19.3 Å². The third-order valence-corrected chi connectivity index (χ3v) is 4.83. The lowest BCUT2D eigenvalue weighted by Gasteiger charge is -2.18. The second kappa shape index (κ2) is 5.58. The predicted molar refractivity (Wildman–Crippen MR) is 79.4 cm³/mol. The van der Waals surface area contributed by atoms with Gasteiger partial charge in [0.15, 0.2) is 5.03 Å². The van der Waals surface area contributed by atoms with Gasteiger partial charge in [0.2, 0.25) is 0 Å². The second-order valence-corrected chi connectivity index (χ2v) is 6.80. The highest BCUT2D eigenvalue weighted by molar-refractivity contribution is 7.92. The van der Waals surface area contributed by atoms with E-state index >= 15 is 0 Å². The maximum atomic E-state index is 12.5. The zero-order valence-electron chi connectivity index (χ0n) is 12.1. The van der Waals surface area contributed by atoms with Crippen molar-refractivity contribution in [2.24, 2.45) is 0 Å². The lowest BCUT2D eigenvalue weighted by Crippen LogP contribution is -2.26. The molecule has 1 aromatic heterocycles. The van der Waals surface area contributed by atoms with Gasteiger partial charge in [0.1, 0.15) is 0 Å². The molecule has 7 heteroatoms. The van der Waals surface area contributed by atoms with E-state index in [1.165, 1.54) is 19.6 Å². The van der Waals surface area contributed by atoms with Crippen molar-refractivity contribution in [1.29, 1.82) is 5.26 Å². The molecule has 1 heterocycles. The number of nitriles is 1. The number of hydrogen-bond acceptors (Lipinski definition) is 4. The summed E-state index contributed by atoms with van der Waals surface area (Å²) in [6.07, 6.45) is 3.02. The highest BCUT2D eigenvalue weighted by atomic mass is 32.2. The minimum Gasteiger partial charge on any atom is -0.334 e. The molecule has 2 aromatic rings. The molecule has 0 aliphatic carbocycles. The first-order chi connectivity index (χ1) is 9.86. The molecular formula is C14H16N4O2S. The van der Waals surface area contributed by atoms with Crippen molar-refractivity contribution in [3.8, 4) is 6.07 Å². The van der Waals surface area contributed by atoms with Crippen LogP contribution in [0.4, 0.5) is 5.69 Å². The summed E-state index contributed by atoms with van der Waals surface area (Å²) in [7, 11) is -2.24. The monoisotopic (exact) mass is 304 g/mol. The summed E-state index contributed by atoms with van der Waals surface area (Å²) in [5, 5.41) is 8.77. The van der Waals surface area contributed by atoms with Crippen molar-refractivity contribution in [3.63, 3.8) is 0 Å². The Kier molecular flexibility index (Phi) is 4.00. The van der Waals surface area contributed by atoms with E-state index in [-0.39, 0.29) is 11.1 Å². The van der Waals surface area contributed by atoms with Crippen LogP contribution in [0.2, 0.25) is 0 Å². The fourth-order valence-corrected chi connectivity index (χ4v) is 2.87. The molecule has 21 heavy (non-hydrogen) atoms. The Hall–Kier alpha value is -2.33. The molecule has 0 amide bonds. The summed E-state index contributed by atoms with van der Waals surface area (Å²) in [5.74, 6) is 0. The topological polar surface area (TPSA) is 79.0 Å².